The molecule has 0 radical (unpaired) electrons. The van der Waals surface area contributed by atoms with Crippen molar-refractivity contribution in [3.05, 3.63) is 54.0 Å². The number of nitrogens with two attached hydrogens (primary N) is 1. The van der Waals surface area contributed by atoms with Gasteiger partial charge in [-0.1, -0.05) is 71.3 Å². The van der Waals surface area contributed by atoms with Crippen LogP contribution in [-0.4, -0.2) is 159 Å². The smallest absolute Gasteiger partial charge is 0.310 e. The fraction of sp³-hybridized carbons (Fsp3) is 0.793. The van der Waals surface area contributed by atoms with Gasteiger partial charge in [0.2, 0.25) is 5.91 Å². The van der Waals surface area contributed by atoms with Gasteiger partial charge in [-0.2, -0.15) is 0 Å². The summed E-state index contributed by atoms with van der Waals surface area (Å²) in [5, 5.41) is 113. The molecule has 10 aliphatic rings. The molecule has 12 rings (SSSR count). The number of allylic oxidation sites excluding steroid dienone is 3. The maximum atomic E-state index is 15.3. The minimum absolute atomic E-state index is 0.0733. The van der Waals surface area contributed by atoms with Crippen molar-refractivity contribution in [2.45, 2.75) is 172 Å². The van der Waals surface area contributed by atoms with Gasteiger partial charge in [-0.15, -0.1) is 0 Å². The van der Waals surface area contributed by atoms with Crippen LogP contribution in [0.5, 0.6) is 0 Å². The molecule has 1 amide bonds. The molecule has 0 bridgehead atoms. The van der Waals surface area contributed by atoms with Gasteiger partial charge in [0.1, 0.15) is 30.4 Å². The second-order valence-corrected chi connectivity index (χ2v) is 27.6. The van der Waals surface area contributed by atoms with Crippen LogP contribution in [0.25, 0.3) is 0 Å². The number of amides is 1. The molecule has 5 saturated carbocycles. The van der Waals surface area contributed by atoms with Crippen molar-refractivity contribution in [2.75, 3.05) is 31.7 Å². The van der Waals surface area contributed by atoms with E-state index >= 15 is 4.79 Å². The third-order valence-electron chi connectivity index (χ3n) is 24.8. The molecule has 15 N–H and O–H groups in total. The number of carboxylic acids is 1. The SMILES string of the molecule is CC1(CO)CCC2(C(=O)O)C(C1)C1=CCC3C4(C)C(C5C=CC(c6cnc[nH]6)(C(O)CC(N)O)C6NC(=O)C7(CCCC7)C56)C(O)C(OC5OCC(O)C(O)C5O)C(C)(CO)C4CCC3(C)C1(C)C1Cc3[nH]cnc3NCC12. The fourth-order valence-corrected chi connectivity index (χ4v) is 21.0. The lowest BCUT2D eigenvalue weighted by molar-refractivity contribution is -0.344. The number of rotatable bonds is 10. The number of aliphatic hydroxyl groups is 8. The van der Waals surface area contributed by atoms with Gasteiger partial charge < -0.3 is 81.8 Å². The van der Waals surface area contributed by atoms with Crippen molar-refractivity contribution in [1.29, 1.82) is 0 Å². The van der Waals surface area contributed by atoms with Crippen LogP contribution >= 0.6 is 0 Å². The van der Waals surface area contributed by atoms with Gasteiger partial charge in [0, 0.05) is 42.8 Å². The Bertz CT molecular complexity index is 2700. The molecule has 0 aromatic carbocycles. The van der Waals surface area contributed by atoms with E-state index in [0.717, 1.165) is 24.1 Å². The topological polar surface area (TPSA) is 342 Å². The highest BCUT2D eigenvalue weighted by Crippen LogP contribution is 2.80. The number of anilines is 1. The number of H-pyrrole nitrogens is 2. The number of fused-ring (bicyclic) bond motifs is 13. The van der Waals surface area contributed by atoms with Crippen molar-refractivity contribution in [3.8, 4) is 0 Å². The molecule has 3 aliphatic heterocycles. The van der Waals surface area contributed by atoms with Gasteiger partial charge >= 0.3 is 5.97 Å². The number of imidazole rings is 2. The van der Waals surface area contributed by atoms with Crippen LogP contribution in [0, 0.1) is 85.2 Å². The summed E-state index contributed by atoms with van der Waals surface area (Å²) < 4.78 is 12.8. The van der Waals surface area contributed by atoms with E-state index in [4.69, 9.17) is 20.2 Å². The first-order chi connectivity index (χ1) is 37.0. The van der Waals surface area contributed by atoms with E-state index < -0.39 is 141 Å². The van der Waals surface area contributed by atoms with Crippen molar-refractivity contribution < 1.29 is 65.0 Å². The lowest BCUT2D eigenvalue weighted by Crippen LogP contribution is -2.75. The van der Waals surface area contributed by atoms with E-state index in [9.17, 15) is 50.8 Å². The largest absolute Gasteiger partial charge is 0.481 e. The summed E-state index contributed by atoms with van der Waals surface area (Å²) in [7, 11) is 0. The van der Waals surface area contributed by atoms with Gasteiger partial charge in [0.05, 0.1) is 72.2 Å². The average Bonchev–Trinajstić information content (AvgIpc) is 3.89. The minimum atomic E-state index is -1.70. The highest BCUT2D eigenvalue weighted by Gasteiger charge is 2.79. The molecular weight excluding hydrogens is 1000 g/mol. The molecule has 2 aromatic rings. The van der Waals surface area contributed by atoms with Crippen LogP contribution < -0.4 is 16.4 Å². The number of aliphatic carboxylic acids is 1. The third-order valence-corrected chi connectivity index (χ3v) is 24.8. The van der Waals surface area contributed by atoms with Gasteiger partial charge in [0.25, 0.3) is 0 Å². The quantitative estimate of drug-likeness (QED) is 0.0922. The highest BCUT2D eigenvalue weighted by atomic mass is 16.7. The number of hydrogen-bond donors (Lipinski definition) is 14. The summed E-state index contributed by atoms with van der Waals surface area (Å²) in [6.45, 7) is 10.6. The summed E-state index contributed by atoms with van der Waals surface area (Å²) in [5.74, 6) is -3.85. The van der Waals surface area contributed by atoms with E-state index in [1.54, 1.807) is 12.5 Å². The number of aliphatic hydroxyl groups excluding tert-OH is 8. The summed E-state index contributed by atoms with van der Waals surface area (Å²) in [4.78, 5) is 45.5. The molecule has 24 atom stereocenters. The molecule has 5 heterocycles. The monoisotopic (exact) mass is 1090 g/mol. The van der Waals surface area contributed by atoms with Gasteiger partial charge in [0.15, 0.2) is 6.29 Å². The predicted octanol–water partition coefficient (Wildman–Crippen LogP) is 2.23. The summed E-state index contributed by atoms with van der Waals surface area (Å²) in [5.41, 5.74) is 1.20. The number of aromatic amines is 2. The zero-order valence-corrected chi connectivity index (χ0v) is 45.7. The molecule has 20 nitrogen and oxygen atoms in total. The number of hydrogen-bond acceptors (Lipinski definition) is 16. The van der Waals surface area contributed by atoms with Crippen molar-refractivity contribution in [2.24, 2.45) is 91.0 Å². The zero-order valence-electron chi connectivity index (χ0n) is 45.7. The van der Waals surface area contributed by atoms with Crippen LogP contribution in [0.2, 0.25) is 0 Å². The van der Waals surface area contributed by atoms with E-state index in [2.05, 4.69) is 65.4 Å². The lowest BCUT2D eigenvalue weighted by Gasteiger charge is -2.76. The molecule has 1 spiro atoms. The molecule has 78 heavy (non-hydrogen) atoms. The maximum absolute atomic E-state index is 15.3. The lowest BCUT2D eigenvalue weighted by atomic mass is 9.28. The number of carbonyl (C=O) groups excluding carboxylic acids is 1. The zero-order chi connectivity index (χ0) is 55.5. The second kappa shape index (κ2) is 18.6. The Morgan fingerprint density at radius 2 is 1.68 bits per heavy atom. The van der Waals surface area contributed by atoms with Crippen molar-refractivity contribution in [3.63, 3.8) is 0 Å². The van der Waals surface area contributed by atoms with Crippen LogP contribution in [-0.2, 0) is 30.9 Å². The first kappa shape index (κ1) is 54.8. The van der Waals surface area contributed by atoms with E-state index in [0.29, 0.717) is 75.8 Å². The molecule has 2 aromatic heterocycles. The molecule has 7 aliphatic carbocycles. The average molecular weight is 1090 g/mol. The molecule has 2 saturated heterocycles. The molecular formula is C58H85N7O13. The molecule has 20 heteroatoms. The Kier molecular flexibility index (Phi) is 13.1. The number of nitrogens with zero attached hydrogens (tertiary/aromatic N) is 2. The van der Waals surface area contributed by atoms with Gasteiger partial charge in [-0.25, -0.2) is 9.97 Å². The Morgan fingerprint density at radius 3 is 2.36 bits per heavy atom. The number of nitrogens with one attached hydrogen (secondary N) is 4. The maximum Gasteiger partial charge on any atom is 0.310 e. The first-order valence-electron chi connectivity index (χ1n) is 29.0. The Morgan fingerprint density at radius 1 is 0.923 bits per heavy atom. The third kappa shape index (κ3) is 7.03. The van der Waals surface area contributed by atoms with E-state index in [-0.39, 0.29) is 43.3 Å². The number of carbonyl (C=O) groups is 2. The van der Waals surface area contributed by atoms with Gasteiger partial charge in [-0.05, 0) is 121 Å². The number of ether oxygens (including phenoxy) is 2. The number of aromatic nitrogens is 4. The van der Waals surface area contributed by atoms with Crippen molar-refractivity contribution in [1.82, 2.24) is 25.3 Å². The standard InChI is InChI=1S/C58H85N7O13/c1-51(24-66)16-17-57(50(75)76)31(20-51)29-8-9-36-53(3,55(29,5)30-18-33-47(64-27-62-33)61-21-32(30)57)14-11-35-52(2,25-67)46(78-48-44(73)42(71)34(68)23-77-48)43(72)40(54(35,36)4)28-10-15-58(37-22-60-26-63-37,38(69)19-39(59)70)45-41(28)56(49(74)65-45)12-6-7-13-56/h8,10,15,22,26-28,30-32,34-36,38-46,48,61,66-73H,6-7,9,11-14,16-21,23-25,59H2,1-5H3,(H,60,63)(H,62,64)(H,65,74)(H,75,76). The Hall–Kier alpha value is -3.80. The summed E-state index contributed by atoms with van der Waals surface area (Å²) >= 11 is 0. The summed E-state index contributed by atoms with van der Waals surface area (Å²) in [6, 6.07) is -0.796. The summed E-state index contributed by atoms with van der Waals surface area (Å²) in [6.07, 6.45) is 5.71. The first-order valence-corrected chi connectivity index (χ1v) is 29.0. The predicted molar refractivity (Wildman–Crippen MR) is 281 cm³/mol. The Labute approximate surface area is 455 Å². The van der Waals surface area contributed by atoms with Crippen LogP contribution in [0.1, 0.15) is 117 Å². The molecule has 7 fully saturated rings. The van der Waals surface area contributed by atoms with Crippen LogP contribution in [0.4, 0.5) is 5.82 Å². The van der Waals surface area contributed by atoms with E-state index in [1.807, 2.05) is 13.0 Å². The van der Waals surface area contributed by atoms with Crippen LogP contribution in [0.3, 0.4) is 0 Å². The minimum Gasteiger partial charge on any atom is -0.481 e. The van der Waals surface area contributed by atoms with E-state index in [1.165, 1.54) is 6.33 Å². The molecule has 24 unspecified atom stereocenters. The van der Waals surface area contributed by atoms with Gasteiger partial charge in [-0.3, -0.25) is 9.59 Å². The van der Waals surface area contributed by atoms with Crippen LogP contribution in [0.15, 0.2) is 42.7 Å². The second-order valence-electron chi connectivity index (χ2n) is 27.6. The highest BCUT2D eigenvalue weighted by molar-refractivity contribution is 5.87. The van der Waals surface area contributed by atoms with Crippen molar-refractivity contribution >= 4 is 17.7 Å². The fourth-order valence-electron chi connectivity index (χ4n) is 21.0. The number of carboxylic acid groups (broad SMARTS) is 1. The molecule has 430 valence electrons. The normalized spacial score (nSPS) is 49.7. The Balaban J connectivity index is 1.09.